The van der Waals surface area contributed by atoms with Gasteiger partial charge in [-0.15, -0.1) is 13.2 Å². The molecular formula is C28H48N2. The first-order chi connectivity index (χ1) is 14.9. The van der Waals surface area contributed by atoms with E-state index in [4.69, 9.17) is 0 Å². The van der Waals surface area contributed by atoms with Crippen LogP contribution < -0.4 is 0 Å². The van der Waals surface area contributed by atoms with Gasteiger partial charge in [-0.3, -0.25) is 0 Å². The van der Waals surface area contributed by atoms with Gasteiger partial charge in [-0.25, -0.2) is 10.0 Å². The van der Waals surface area contributed by atoms with E-state index in [9.17, 15) is 0 Å². The summed E-state index contributed by atoms with van der Waals surface area (Å²) < 4.78 is 0. The zero-order valence-corrected chi connectivity index (χ0v) is 19.7. The first kappa shape index (κ1) is 25.1. The van der Waals surface area contributed by atoms with E-state index >= 15 is 0 Å². The van der Waals surface area contributed by atoms with E-state index in [-0.39, 0.29) is 0 Å². The highest BCUT2D eigenvalue weighted by atomic mass is 15.6. The molecule has 0 amide bonds. The normalized spacial score (nSPS) is 19.4. The lowest BCUT2D eigenvalue weighted by Gasteiger charge is -2.47. The van der Waals surface area contributed by atoms with Gasteiger partial charge in [0.1, 0.15) is 0 Å². The Bertz CT molecular complexity index is 451. The molecule has 0 aliphatic heterocycles. The van der Waals surface area contributed by atoms with E-state index in [1.165, 1.54) is 89.9 Å². The number of unbranched alkanes of at least 4 members (excludes halogenated alkanes) is 4. The Morgan fingerprint density at radius 2 is 1.00 bits per heavy atom. The Kier molecular flexibility index (Phi) is 13.9. The molecule has 2 rings (SSSR count). The maximum atomic E-state index is 3.84. The average Bonchev–Trinajstić information content (AvgIpc) is 2.79. The zero-order valence-electron chi connectivity index (χ0n) is 19.7. The predicted molar refractivity (Wildman–Crippen MR) is 134 cm³/mol. The third-order valence-corrected chi connectivity index (χ3v) is 6.75. The topological polar surface area (TPSA) is 6.48 Å². The molecule has 0 aromatic heterocycles. The lowest BCUT2D eigenvalue weighted by molar-refractivity contribution is -0.0986. The SMILES string of the molecule is C=CCCCC=CCN(CC=CCCCC=C)N(C1CCCCC1)C1CCCCC1. The van der Waals surface area contributed by atoms with Gasteiger partial charge in [0.2, 0.25) is 0 Å². The van der Waals surface area contributed by atoms with Gasteiger partial charge in [0.05, 0.1) is 0 Å². The molecule has 0 N–H and O–H groups in total. The standard InChI is InChI=1S/C28H48N2/c1-3-5-7-9-11-19-25-29(26-20-12-10-8-6-4-2)30(27-21-15-13-16-22-27)28-23-17-14-18-24-28/h3-4,11-12,19-20,27-28H,1-2,5-10,13-18,21-26H2. The van der Waals surface area contributed by atoms with Gasteiger partial charge in [-0.2, -0.15) is 0 Å². The summed E-state index contributed by atoms with van der Waals surface area (Å²) in [6, 6.07) is 1.51. The van der Waals surface area contributed by atoms with Gasteiger partial charge >= 0.3 is 0 Å². The second-order valence-corrected chi connectivity index (χ2v) is 9.22. The van der Waals surface area contributed by atoms with Crippen LogP contribution in [0.5, 0.6) is 0 Å². The lowest BCUT2D eigenvalue weighted by atomic mass is 9.90. The summed E-state index contributed by atoms with van der Waals surface area (Å²) in [5.41, 5.74) is 0. The smallest absolute Gasteiger partial charge is 0.0317 e. The van der Waals surface area contributed by atoms with Crippen LogP contribution in [0.15, 0.2) is 49.6 Å². The Balaban J connectivity index is 2.04. The first-order valence-electron chi connectivity index (χ1n) is 12.9. The number of hydrazine groups is 1. The highest BCUT2D eigenvalue weighted by Gasteiger charge is 2.32. The van der Waals surface area contributed by atoms with Crippen LogP contribution in [0.1, 0.15) is 103 Å². The molecule has 2 aliphatic rings. The molecular weight excluding hydrogens is 364 g/mol. The summed E-state index contributed by atoms with van der Waals surface area (Å²) in [4.78, 5) is 0. The highest BCUT2D eigenvalue weighted by Crippen LogP contribution is 2.31. The lowest BCUT2D eigenvalue weighted by Crippen LogP contribution is -2.55. The molecule has 0 aromatic rings. The van der Waals surface area contributed by atoms with Crippen molar-refractivity contribution < 1.29 is 0 Å². The molecule has 0 aromatic carbocycles. The van der Waals surface area contributed by atoms with E-state index in [1.54, 1.807) is 0 Å². The van der Waals surface area contributed by atoms with Gasteiger partial charge in [0, 0.05) is 25.2 Å². The molecule has 2 fully saturated rings. The molecule has 170 valence electrons. The minimum atomic E-state index is 0.755. The first-order valence-corrected chi connectivity index (χ1v) is 12.9. The molecule has 0 heterocycles. The third kappa shape index (κ3) is 9.79. The van der Waals surface area contributed by atoms with Crippen LogP contribution in [-0.2, 0) is 0 Å². The molecule has 30 heavy (non-hydrogen) atoms. The predicted octanol–water partition coefficient (Wildman–Crippen LogP) is 8.00. The van der Waals surface area contributed by atoms with Gasteiger partial charge in [0.15, 0.2) is 0 Å². The van der Waals surface area contributed by atoms with Crippen LogP contribution in [0.4, 0.5) is 0 Å². The van der Waals surface area contributed by atoms with Crippen LogP contribution >= 0.6 is 0 Å². The molecule has 0 spiro atoms. The Labute approximate surface area is 187 Å². The maximum Gasteiger partial charge on any atom is 0.0317 e. The van der Waals surface area contributed by atoms with Crippen molar-refractivity contribution >= 4 is 0 Å². The van der Waals surface area contributed by atoms with Crippen LogP contribution in [0.3, 0.4) is 0 Å². The minimum absolute atomic E-state index is 0.755. The number of hydrogen-bond acceptors (Lipinski definition) is 2. The summed E-state index contributed by atoms with van der Waals surface area (Å²) in [5.74, 6) is 0. The fourth-order valence-electron chi connectivity index (χ4n) is 5.10. The third-order valence-electron chi connectivity index (χ3n) is 6.75. The number of allylic oxidation sites excluding steroid dienone is 4. The van der Waals surface area contributed by atoms with Crippen molar-refractivity contribution in [1.82, 2.24) is 10.0 Å². The molecule has 2 heteroatoms. The van der Waals surface area contributed by atoms with Gasteiger partial charge in [-0.1, -0.05) is 75.0 Å². The van der Waals surface area contributed by atoms with Gasteiger partial charge in [-0.05, 0) is 64.2 Å². The van der Waals surface area contributed by atoms with Crippen molar-refractivity contribution in [2.75, 3.05) is 13.1 Å². The maximum absolute atomic E-state index is 3.84. The summed E-state index contributed by atoms with van der Waals surface area (Å²) in [5, 5.41) is 5.57. The number of rotatable bonds is 15. The summed E-state index contributed by atoms with van der Waals surface area (Å²) in [6.07, 6.45) is 34.8. The van der Waals surface area contributed by atoms with E-state index < -0.39 is 0 Å². The van der Waals surface area contributed by atoms with Gasteiger partial charge < -0.3 is 0 Å². The van der Waals surface area contributed by atoms with Crippen molar-refractivity contribution in [1.29, 1.82) is 0 Å². The van der Waals surface area contributed by atoms with Crippen LogP contribution in [0.25, 0.3) is 0 Å². The van der Waals surface area contributed by atoms with E-state index in [1.807, 2.05) is 12.2 Å². The summed E-state index contributed by atoms with van der Waals surface area (Å²) >= 11 is 0. The fraction of sp³-hybridized carbons (Fsp3) is 0.714. The number of hydrogen-bond donors (Lipinski definition) is 0. The quantitative estimate of drug-likeness (QED) is 0.153. The van der Waals surface area contributed by atoms with E-state index in [2.05, 4.69) is 47.5 Å². The second-order valence-electron chi connectivity index (χ2n) is 9.22. The molecule has 0 saturated heterocycles. The second kappa shape index (κ2) is 16.6. The van der Waals surface area contributed by atoms with Crippen LogP contribution in [0.2, 0.25) is 0 Å². The molecule has 0 atom stereocenters. The summed E-state index contributed by atoms with van der Waals surface area (Å²) in [7, 11) is 0. The van der Waals surface area contributed by atoms with Crippen molar-refractivity contribution in [3.8, 4) is 0 Å². The fourth-order valence-corrected chi connectivity index (χ4v) is 5.10. The van der Waals surface area contributed by atoms with Crippen molar-refractivity contribution in [2.24, 2.45) is 0 Å². The molecule has 2 nitrogen and oxygen atoms in total. The van der Waals surface area contributed by atoms with Crippen LogP contribution in [0, 0.1) is 0 Å². The van der Waals surface area contributed by atoms with E-state index in [0.717, 1.165) is 38.0 Å². The minimum Gasteiger partial charge on any atom is -0.235 e. The molecule has 0 bridgehead atoms. The number of nitrogens with zero attached hydrogens (tertiary/aromatic N) is 2. The summed E-state index contributed by atoms with van der Waals surface area (Å²) in [6.45, 7) is 9.79. The molecule has 2 aliphatic carbocycles. The van der Waals surface area contributed by atoms with E-state index in [0.29, 0.717) is 0 Å². The van der Waals surface area contributed by atoms with Crippen molar-refractivity contribution in [3.05, 3.63) is 49.6 Å². The highest BCUT2D eigenvalue weighted by molar-refractivity contribution is 4.93. The Morgan fingerprint density at radius 1 is 0.567 bits per heavy atom. The van der Waals surface area contributed by atoms with Crippen molar-refractivity contribution in [3.63, 3.8) is 0 Å². The molecule has 0 radical (unpaired) electrons. The van der Waals surface area contributed by atoms with Crippen molar-refractivity contribution in [2.45, 2.75) is 115 Å². The Hall–Kier alpha value is -1.12. The largest absolute Gasteiger partial charge is 0.235 e. The zero-order chi connectivity index (χ0) is 21.3. The Morgan fingerprint density at radius 3 is 1.40 bits per heavy atom. The molecule has 0 unspecified atom stereocenters. The van der Waals surface area contributed by atoms with Crippen LogP contribution in [-0.4, -0.2) is 35.2 Å². The molecule has 2 saturated carbocycles. The monoisotopic (exact) mass is 412 g/mol. The average molecular weight is 413 g/mol. The van der Waals surface area contributed by atoms with Gasteiger partial charge in [0.25, 0.3) is 0 Å².